The predicted molar refractivity (Wildman–Crippen MR) is 101 cm³/mol. The Morgan fingerprint density at radius 1 is 0.958 bits per heavy atom. The second kappa shape index (κ2) is 7.93. The minimum atomic E-state index is -0.00957. The van der Waals surface area contributed by atoms with Gasteiger partial charge in [-0.2, -0.15) is 0 Å². The Morgan fingerprint density at radius 3 is 2.33 bits per heavy atom. The summed E-state index contributed by atoms with van der Waals surface area (Å²) in [5.41, 5.74) is 3.20. The molecule has 24 heavy (non-hydrogen) atoms. The maximum atomic E-state index is 12.3. The van der Waals surface area contributed by atoms with E-state index in [9.17, 15) is 4.79 Å². The van der Waals surface area contributed by atoms with Gasteiger partial charge < -0.3 is 5.32 Å². The number of nitrogens with one attached hydrogen (secondary N) is 1. The Balaban J connectivity index is 1.56. The first-order valence-electron chi connectivity index (χ1n) is 8.17. The fourth-order valence-electron chi connectivity index (χ4n) is 2.63. The molecule has 3 heteroatoms. The summed E-state index contributed by atoms with van der Waals surface area (Å²) in [6, 6.07) is 22.4. The van der Waals surface area contributed by atoms with Crippen LogP contribution in [-0.2, 0) is 6.42 Å². The van der Waals surface area contributed by atoms with Crippen LogP contribution in [0.15, 0.2) is 72.1 Å². The normalized spacial score (nSPS) is 11.9. The molecule has 122 valence electrons. The van der Waals surface area contributed by atoms with Crippen molar-refractivity contribution in [3.05, 3.63) is 93.7 Å². The molecule has 0 aliphatic carbocycles. The second-order valence-electron chi connectivity index (χ2n) is 5.99. The summed E-state index contributed by atoms with van der Waals surface area (Å²) in [5.74, 6) is 0.330. The molecular weight excluding hydrogens is 314 g/mol. The van der Waals surface area contributed by atoms with Crippen LogP contribution in [0.1, 0.15) is 39.2 Å². The Morgan fingerprint density at radius 2 is 1.67 bits per heavy atom. The van der Waals surface area contributed by atoms with Crippen LogP contribution in [-0.4, -0.2) is 12.5 Å². The molecule has 2 nitrogen and oxygen atoms in total. The minimum absolute atomic E-state index is 0.00957. The second-order valence-corrected chi connectivity index (χ2v) is 6.97. The van der Waals surface area contributed by atoms with Crippen molar-refractivity contribution in [2.45, 2.75) is 19.3 Å². The molecule has 1 heterocycles. The van der Waals surface area contributed by atoms with E-state index in [0.29, 0.717) is 18.0 Å². The van der Waals surface area contributed by atoms with Crippen LogP contribution >= 0.6 is 11.3 Å². The molecule has 0 bridgehead atoms. The lowest BCUT2D eigenvalue weighted by Gasteiger charge is -2.11. The molecule has 3 aromatic rings. The van der Waals surface area contributed by atoms with Crippen molar-refractivity contribution in [3.63, 3.8) is 0 Å². The number of hydrogen-bond donors (Lipinski definition) is 1. The first kappa shape index (κ1) is 16.5. The lowest BCUT2D eigenvalue weighted by atomic mass is 10.0. The van der Waals surface area contributed by atoms with Crippen molar-refractivity contribution in [1.82, 2.24) is 5.32 Å². The molecule has 1 aromatic heterocycles. The van der Waals surface area contributed by atoms with E-state index in [2.05, 4.69) is 35.8 Å². The summed E-state index contributed by atoms with van der Waals surface area (Å²) in [7, 11) is 0. The summed E-state index contributed by atoms with van der Waals surface area (Å²) in [5, 5.41) is 5.09. The van der Waals surface area contributed by atoms with Gasteiger partial charge in [-0.05, 0) is 41.1 Å². The van der Waals surface area contributed by atoms with Gasteiger partial charge in [0.1, 0.15) is 0 Å². The molecule has 1 unspecified atom stereocenters. The fraction of sp³-hybridized carbons (Fsp3) is 0.190. The standard InChI is InChI=1S/C21H21NOS/c1-16(20-8-5-13-24-20)15-22-21(23)19-11-9-18(10-12-19)14-17-6-3-2-4-7-17/h2-13,16H,14-15H2,1H3,(H,22,23). The molecule has 2 aromatic carbocycles. The largest absolute Gasteiger partial charge is 0.351 e. The number of hydrogen-bond acceptors (Lipinski definition) is 2. The Labute approximate surface area is 147 Å². The van der Waals surface area contributed by atoms with Crippen LogP contribution in [0.5, 0.6) is 0 Å². The summed E-state index contributed by atoms with van der Waals surface area (Å²) < 4.78 is 0. The van der Waals surface area contributed by atoms with Gasteiger partial charge in [0.2, 0.25) is 0 Å². The number of rotatable bonds is 6. The third kappa shape index (κ3) is 4.33. The maximum Gasteiger partial charge on any atom is 0.251 e. The van der Waals surface area contributed by atoms with Crippen LogP contribution in [0.4, 0.5) is 0 Å². The highest BCUT2D eigenvalue weighted by Crippen LogP contribution is 2.19. The third-order valence-electron chi connectivity index (χ3n) is 4.06. The fourth-order valence-corrected chi connectivity index (χ4v) is 3.41. The SMILES string of the molecule is CC(CNC(=O)c1ccc(Cc2ccccc2)cc1)c1cccs1. The zero-order valence-corrected chi connectivity index (χ0v) is 14.6. The van der Waals surface area contributed by atoms with Gasteiger partial charge in [0.05, 0.1) is 0 Å². The van der Waals surface area contributed by atoms with E-state index in [4.69, 9.17) is 0 Å². The van der Waals surface area contributed by atoms with E-state index < -0.39 is 0 Å². The average molecular weight is 335 g/mol. The topological polar surface area (TPSA) is 29.1 Å². The van der Waals surface area contributed by atoms with E-state index in [0.717, 1.165) is 6.42 Å². The summed E-state index contributed by atoms with van der Waals surface area (Å²) >= 11 is 1.73. The van der Waals surface area contributed by atoms with Crippen molar-refractivity contribution in [2.75, 3.05) is 6.54 Å². The highest BCUT2D eigenvalue weighted by molar-refractivity contribution is 7.10. The molecule has 1 atom stereocenters. The predicted octanol–water partition coefficient (Wildman–Crippen LogP) is 4.87. The lowest BCUT2D eigenvalue weighted by molar-refractivity contribution is 0.0952. The Hall–Kier alpha value is -2.39. The van der Waals surface area contributed by atoms with Crippen LogP contribution in [0.2, 0.25) is 0 Å². The number of benzene rings is 2. The van der Waals surface area contributed by atoms with E-state index >= 15 is 0 Å². The lowest BCUT2D eigenvalue weighted by Crippen LogP contribution is -2.27. The van der Waals surface area contributed by atoms with Crippen molar-refractivity contribution in [1.29, 1.82) is 0 Å². The van der Waals surface area contributed by atoms with Gasteiger partial charge in [-0.3, -0.25) is 4.79 Å². The monoisotopic (exact) mass is 335 g/mol. The quantitative estimate of drug-likeness (QED) is 0.684. The van der Waals surface area contributed by atoms with Gasteiger partial charge in [0.15, 0.2) is 0 Å². The molecule has 0 aliphatic heterocycles. The van der Waals surface area contributed by atoms with Crippen LogP contribution in [0.3, 0.4) is 0 Å². The molecule has 0 fully saturated rings. The summed E-state index contributed by atoms with van der Waals surface area (Å²) in [4.78, 5) is 13.6. The third-order valence-corrected chi connectivity index (χ3v) is 5.17. The highest BCUT2D eigenvalue weighted by Gasteiger charge is 2.10. The van der Waals surface area contributed by atoms with E-state index in [-0.39, 0.29) is 5.91 Å². The smallest absolute Gasteiger partial charge is 0.251 e. The maximum absolute atomic E-state index is 12.3. The van der Waals surface area contributed by atoms with Gasteiger partial charge in [-0.1, -0.05) is 55.5 Å². The number of amides is 1. The van der Waals surface area contributed by atoms with Crippen LogP contribution in [0, 0.1) is 0 Å². The molecular formula is C21H21NOS. The average Bonchev–Trinajstić information content (AvgIpc) is 3.16. The number of thiophene rings is 1. The van der Waals surface area contributed by atoms with E-state index in [1.54, 1.807) is 11.3 Å². The van der Waals surface area contributed by atoms with Gasteiger partial charge in [0, 0.05) is 22.9 Å². The first-order valence-corrected chi connectivity index (χ1v) is 9.05. The molecule has 0 saturated heterocycles. The first-order chi connectivity index (χ1) is 11.7. The van der Waals surface area contributed by atoms with Gasteiger partial charge in [0.25, 0.3) is 5.91 Å². The van der Waals surface area contributed by atoms with Gasteiger partial charge >= 0.3 is 0 Å². The van der Waals surface area contributed by atoms with Crippen LogP contribution < -0.4 is 5.32 Å². The Bertz CT molecular complexity index is 763. The molecule has 1 N–H and O–H groups in total. The molecule has 1 amide bonds. The zero-order valence-electron chi connectivity index (χ0n) is 13.7. The zero-order chi connectivity index (χ0) is 16.8. The van der Waals surface area contributed by atoms with Gasteiger partial charge in [-0.15, -0.1) is 11.3 Å². The Kier molecular flexibility index (Phi) is 5.44. The van der Waals surface area contributed by atoms with Crippen molar-refractivity contribution in [2.24, 2.45) is 0 Å². The molecule has 0 saturated carbocycles. The van der Waals surface area contributed by atoms with Crippen molar-refractivity contribution >= 4 is 17.2 Å². The molecule has 3 rings (SSSR count). The van der Waals surface area contributed by atoms with Gasteiger partial charge in [-0.25, -0.2) is 0 Å². The summed E-state index contributed by atoms with van der Waals surface area (Å²) in [6.45, 7) is 2.79. The minimum Gasteiger partial charge on any atom is -0.351 e. The van der Waals surface area contributed by atoms with Crippen molar-refractivity contribution < 1.29 is 4.79 Å². The molecule has 0 spiro atoms. The highest BCUT2D eigenvalue weighted by atomic mass is 32.1. The number of carbonyl (C=O) groups excluding carboxylic acids is 1. The van der Waals surface area contributed by atoms with Crippen LogP contribution in [0.25, 0.3) is 0 Å². The summed E-state index contributed by atoms with van der Waals surface area (Å²) in [6.07, 6.45) is 0.887. The molecule has 0 radical (unpaired) electrons. The van der Waals surface area contributed by atoms with E-state index in [1.165, 1.54) is 16.0 Å². The number of carbonyl (C=O) groups is 1. The van der Waals surface area contributed by atoms with E-state index in [1.807, 2.05) is 48.5 Å². The van der Waals surface area contributed by atoms with Crippen molar-refractivity contribution in [3.8, 4) is 0 Å². The molecule has 0 aliphatic rings.